The first-order valence-electron chi connectivity index (χ1n) is 7.29. The van der Waals surface area contributed by atoms with Crippen LogP contribution in [0.4, 0.5) is 0 Å². The third kappa shape index (κ3) is 2.61. The molecule has 3 fully saturated rings. The Kier molecular flexibility index (Phi) is 3.48. The van der Waals surface area contributed by atoms with Crippen LogP contribution in [0.1, 0.15) is 32.1 Å². The van der Waals surface area contributed by atoms with Crippen LogP contribution in [-0.2, 0) is 14.3 Å². The fourth-order valence-electron chi connectivity index (χ4n) is 3.81. The van der Waals surface area contributed by atoms with Crippen LogP contribution < -0.4 is 0 Å². The van der Waals surface area contributed by atoms with Crippen LogP contribution in [0, 0.1) is 17.8 Å². The van der Waals surface area contributed by atoms with Crippen molar-refractivity contribution in [3.63, 3.8) is 0 Å². The molecule has 0 bridgehead atoms. The zero-order valence-electron chi connectivity index (χ0n) is 11.1. The first-order chi connectivity index (χ1) is 9.16. The quantitative estimate of drug-likeness (QED) is 0.832. The van der Waals surface area contributed by atoms with Crippen molar-refractivity contribution in [2.45, 2.75) is 38.2 Å². The number of carboxylic acid groups (broad SMARTS) is 1. The van der Waals surface area contributed by atoms with Gasteiger partial charge in [-0.25, -0.2) is 0 Å². The van der Waals surface area contributed by atoms with Crippen LogP contribution >= 0.6 is 0 Å². The molecule has 5 nitrogen and oxygen atoms in total. The Morgan fingerprint density at radius 3 is 2.53 bits per heavy atom. The molecule has 2 saturated carbocycles. The van der Waals surface area contributed by atoms with Gasteiger partial charge in [-0.15, -0.1) is 0 Å². The highest BCUT2D eigenvalue weighted by Gasteiger charge is 2.56. The molecule has 0 radical (unpaired) electrons. The van der Waals surface area contributed by atoms with Gasteiger partial charge in [0.15, 0.2) is 0 Å². The van der Waals surface area contributed by atoms with Gasteiger partial charge in [-0.3, -0.25) is 9.59 Å². The number of ether oxygens (including phenoxy) is 1. The lowest BCUT2D eigenvalue weighted by Gasteiger charge is -2.32. The lowest BCUT2D eigenvalue weighted by Crippen LogP contribution is -2.47. The predicted octanol–water partition coefficient (Wildman–Crippen LogP) is 1.12. The first-order valence-corrected chi connectivity index (χ1v) is 7.29. The van der Waals surface area contributed by atoms with Gasteiger partial charge >= 0.3 is 5.97 Å². The fraction of sp³-hybridized carbons (Fsp3) is 0.857. The summed E-state index contributed by atoms with van der Waals surface area (Å²) in [6, 6.07) is 0. The van der Waals surface area contributed by atoms with E-state index in [1.165, 1.54) is 25.7 Å². The van der Waals surface area contributed by atoms with Crippen molar-refractivity contribution in [2.75, 3.05) is 19.7 Å². The Hall–Kier alpha value is -1.10. The van der Waals surface area contributed by atoms with Crippen molar-refractivity contribution in [3.8, 4) is 0 Å². The highest BCUT2D eigenvalue weighted by molar-refractivity contribution is 5.82. The van der Waals surface area contributed by atoms with Crippen LogP contribution in [-0.4, -0.2) is 47.7 Å². The maximum atomic E-state index is 12.5. The maximum Gasteiger partial charge on any atom is 0.306 e. The topological polar surface area (TPSA) is 66.8 Å². The third-order valence-electron chi connectivity index (χ3n) is 4.79. The molecule has 1 saturated heterocycles. The van der Waals surface area contributed by atoms with Crippen molar-refractivity contribution in [2.24, 2.45) is 17.8 Å². The molecule has 106 valence electrons. The standard InChI is InChI=1S/C14H21NO4/c16-12(17)7-9-8-15(5-6-19-9)14(18)13-10-3-1-2-4-11(10)13/h9-11,13H,1-8H2,(H,16,17)/t9-,10-,11+,13?/m0/s1. The van der Waals surface area contributed by atoms with Gasteiger partial charge in [0.2, 0.25) is 5.91 Å². The number of hydrogen-bond acceptors (Lipinski definition) is 3. The van der Waals surface area contributed by atoms with Crippen molar-refractivity contribution < 1.29 is 19.4 Å². The molecule has 0 aromatic heterocycles. The van der Waals surface area contributed by atoms with Crippen LogP contribution in [0.25, 0.3) is 0 Å². The Morgan fingerprint density at radius 2 is 1.89 bits per heavy atom. The summed E-state index contributed by atoms with van der Waals surface area (Å²) in [5.41, 5.74) is 0. The number of carbonyl (C=O) groups is 2. The second-order valence-electron chi connectivity index (χ2n) is 6.01. The second kappa shape index (κ2) is 5.12. The Balaban J connectivity index is 1.56. The van der Waals surface area contributed by atoms with Crippen molar-refractivity contribution in [1.82, 2.24) is 4.90 Å². The highest BCUT2D eigenvalue weighted by atomic mass is 16.5. The summed E-state index contributed by atoms with van der Waals surface area (Å²) < 4.78 is 5.41. The first kappa shape index (κ1) is 12.9. The predicted molar refractivity (Wildman–Crippen MR) is 67.5 cm³/mol. The summed E-state index contributed by atoms with van der Waals surface area (Å²) in [5.74, 6) is 0.838. The van der Waals surface area contributed by atoms with Gasteiger partial charge in [0, 0.05) is 19.0 Å². The number of aliphatic carboxylic acids is 1. The normalized spacial score (nSPS) is 37.6. The zero-order valence-corrected chi connectivity index (χ0v) is 11.1. The molecule has 4 atom stereocenters. The minimum atomic E-state index is -0.862. The molecule has 1 aliphatic heterocycles. The summed E-state index contributed by atoms with van der Waals surface area (Å²) in [5, 5.41) is 8.80. The molecule has 2 aliphatic carbocycles. The van der Waals surface area contributed by atoms with Gasteiger partial charge in [-0.2, -0.15) is 0 Å². The van der Waals surface area contributed by atoms with Gasteiger partial charge in [0.05, 0.1) is 19.1 Å². The summed E-state index contributed by atoms with van der Waals surface area (Å²) in [4.78, 5) is 25.0. The summed E-state index contributed by atoms with van der Waals surface area (Å²) >= 11 is 0. The molecular formula is C14H21NO4. The number of morpholine rings is 1. The lowest BCUT2D eigenvalue weighted by atomic mass is 10.0. The number of carbonyl (C=O) groups excluding carboxylic acids is 1. The monoisotopic (exact) mass is 267 g/mol. The number of nitrogens with zero attached hydrogens (tertiary/aromatic N) is 1. The molecule has 1 N–H and O–H groups in total. The second-order valence-corrected chi connectivity index (χ2v) is 6.01. The van der Waals surface area contributed by atoms with Gasteiger partial charge in [-0.1, -0.05) is 12.8 Å². The number of hydrogen-bond donors (Lipinski definition) is 1. The largest absolute Gasteiger partial charge is 0.481 e. The SMILES string of the molecule is O=C(O)C[C@H]1CN(C(=O)C2[C@H]3CCCC[C@@H]23)CCO1. The summed E-state index contributed by atoms with van der Waals surface area (Å²) in [7, 11) is 0. The van der Waals surface area contributed by atoms with Gasteiger partial charge in [0.1, 0.15) is 0 Å². The number of rotatable bonds is 3. The molecule has 19 heavy (non-hydrogen) atoms. The van der Waals surface area contributed by atoms with Gasteiger partial charge < -0.3 is 14.7 Å². The molecule has 1 amide bonds. The molecule has 0 aromatic rings. The molecule has 3 aliphatic rings. The van der Waals surface area contributed by atoms with Crippen molar-refractivity contribution in [3.05, 3.63) is 0 Å². The third-order valence-corrected chi connectivity index (χ3v) is 4.79. The van der Waals surface area contributed by atoms with E-state index in [1.807, 2.05) is 4.90 Å². The Bertz CT molecular complexity index is 372. The summed E-state index contributed by atoms with van der Waals surface area (Å²) in [6.45, 7) is 1.53. The van der Waals surface area contributed by atoms with Crippen molar-refractivity contribution in [1.29, 1.82) is 0 Å². The fourth-order valence-corrected chi connectivity index (χ4v) is 3.81. The van der Waals surface area contributed by atoms with Gasteiger partial charge in [0.25, 0.3) is 0 Å². The zero-order chi connectivity index (χ0) is 13.4. The van der Waals surface area contributed by atoms with E-state index in [9.17, 15) is 9.59 Å². The van der Waals surface area contributed by atoms with E-state index in [0.29, 0.717) is 31.5 Å². The number of carboxylic acids is 1. The Morgan fingerprint density at radius 1 is 1.21 bits per heavy atom. The summed E-state index contributed by atoms with van der Waals surface area (Å²) in [6.07, 6.45) is 4.57. The van der Waals surface area contributed by atoms with Crippen LogP contribution in [0.2, 0.25) is 0 Å². The molecule has 1 heterocycles. The van der Waals surface area contributed by atoms with E-state index >= 15 is 0 Å². The van der Waals surface area contributed by atoms with E-state index in [4.69, 9.17) is 9.84 Å². The minimum Gasteiger partial charge on any atom is -0.481 e. The van der Waals surface area contributed by atoms with E-state index in [1.54, 1.807) is 0 Å². The molecule has 3 rings (SSSR count). The number of fused-ring (bicyclic) bond motifs is 1. The average molecular weight is 267 g/mol. The Labute approximate surface area is 112 Å². The van der Waals surface area contributed by atoms with Crippen molar-refractivity contribution >= 4 is 11.9 Å². The van der Waals surface area contributed by atoms with Crippen LogP contribution in [0.5, 0.6) is 0 Å². The van der Waals surface area contributed by atoms with E-state index in [0.717, 1.165) is 0 Å². The molecule has 0 spiro atoms. The molecule has 1 unspecified atom stereocenters. The number of amides is 1. The van der Waals surface area contributed by atoms with E-state index in [-0.39, 0.29) is 24.3 Å². The van der Waals surface area contributed by atoms with Crippen LogP contribution in [0.15, 0.2) is 0 Å². The molecule has 5 heteroatoms. The maximum absolute atomic E-state index is 12.5. The lowest BCUT2D eigenvalue weighted by molar-refractivity contribution is -0.148. The average Bonchev–Trinajstić information content (AvgIpc) is 3.11. The van der Waals surface area contributed by atoms with E-state index < -0.39 is 5.97 Å². The highest BCUT2D eigenvalue weighted by Crippen LogP contribution is 2.56. The molecular weight excluding hydrogens is 246 g/mol. The molecule has 0 aromatic carbocycles. The minimum absolute atomic E-state index is 0.0126. The van der Waals surface area contributed by atoms with E-state index in [2.05, 4.69) is 0 Å². The smallest absolute Gasteiger partial charge is 0.306 e. The van der Waals surface area contributed by atoms with Crippen LogP contribution in [0.3, 0.4) is 0 Å². The van der Waals surface area contributed by atoms with Gasteiger partial charge in [-0.05, 0) is 24.7 Å².